The van der Waals surface area contributed by atoms with Gasteiger partial charge in [-0.05, 0) is 130 Å². The zero-order chi connectivity index (χ0) is 53.6. The molecule has 0 spiro atoms. The first-order chi connectivity index (χ1) is 35.5. The number of halogens is 2. The van der Waals surface area contributed by atoms with Crippen LogP contribution in [0.15, 0.2) is 66.6 Å². The third kappa shape index (κ3) is 10.1. The van der Waals surface area contributed by atoms with Crippen molar-refractivity contribution in [2.75, 3.05) is 10.6 Å². The minimum atomic E-state index is -1.03. The molecule has 8 heterocycles. The van der Waals surface area contributed by atoms with Gasteiger partial charge in [-0.2, -0.15) is 10.2 Å². The molecule has 6 atom stereocenters. The number of rotatable bonds is 10. The molecule has 388 valence electrons. The first-order valence-electron chi connectivity index (χ1n) is 24.2. The zero-order valence-electron chi connectivity index (χ0n) is 42.2. The van der Waals surface area contributed by atoms with E-state index in [9.17, 15) is 28.8 Å². The second kappa shape index (κ2) is 19.2. The smallest absolute Gasteiger partial charge is 0.325 e. The Hall–Kier alpha value is -7.24. The standard InChI is InChI=1S/C26H25BrN6O4.C13H16BrN3O.C13H11N3O4/c1-12-5-6-21(27)29-24(12)30-25(36)18-9-26(4)10-20(26)33(18)22(35)11-32-17-8-16-19(37-14(3)28-16)7-15(17)23(31-32)13(2)34;1-7-3-4-10(14)16-11(7)17-12(18)8-5-13(2)6-9(13)15-8;1-6(17)13-8-3-11-9(14-7(2)20-11)4-10(8)16(15-13)5-12(18)19/h5-8,18,20H,9-11H2,1-4H3,(H,29,30,36);3-4,8-9,15H,5-6H2,1-2H3,(H,16,17,18);3-4H,5H2,1-2H3,(H,18,19)/t18-,20+,26-;8-,9+,13-;/m00./s1. The summed E-state index contributed by atoms with van der Waals surface area (Å²) >= 11 is 6.66. The molecule has 2 saturated heterocycles. The Morgan fingerprint density at radius 1 is 0.680 bits per heavy atom. The maximum atomic E-state index is 13.7. The number of pyridine rings is 2. The second-order valence-electron chi connectivity index (χ2n) is 20.5. The van der Waals surface area contributed by atoms with E-state index in [1.807, 2.05) is 38.1 Å². The monoisotopic (exact) mass is 1150 g/mol. The number of nitrogens with zero attached hydrogens (tertiary/aromatic N) is 9. The Morgan fingerprint density at radius 3 is 1.67 bits per heavy atom. The van der Waals surface area contributed by atoms with Crippen LogP contribution in [-0.4, -0.2) is 109 Å². The van der Waals surface area contributed by atoms with Crippen LogP contribution in [0.5, 0.6) is 0 Å². The van der Waals surface area contributed by atoms with Gasteiger partial charge >= 0.3 is 5.97 Å². The number of carboxylic acid groups (broad SMARTS) is 1. The summed E-state index contributed by atoms with van der Waals surface area (Å²) in [7, 11) is 0. The Balaban J connectivity index is 0.000000142. The summed E-state index contributed by atoms with van der Waals surface area (Å²) in [4.78, 5) is 93.0. The van der Waals surface area contributed by atoms with Crippen molar-refractivity contribution >= 4 is 123 Å². The van der Waals surface area contributed by atoms with E-state index in [4.69, 9.17) is 13.9 Å². The van der Waals surface area contributed by atoms with Crippen molar-refractivity contribution in [2.24, 2.45) is 10.8 Å². The number of oxazole rings is 2. The van der Waals surface area contributed by atoms with E-state index in [1.165, 1.54) is 29.6 Å². The van der Waals surface area contributed by atoms with Gasteiger partial charge in [0, 0.05) is 50.6 Å². The first kappa shape index (κ1) is 51.3. The van der Waals surface area contributed by atoms with E-state index in [1.54, 1.807) is 43.0 Å². The maximum absolute atomic E-state index is 13.7. The summed E-state index contributed by atoms with van der Waals surface area (Å²) in [5.74, 6) is 0.206. The molecule has 4 aliphatic rings. The number of amides is 3. The average molecular weight is 1150 g/mol. The molecule has 2 saturated carbocycles. The molecule has 2 aromatic carbocycles. The van der Waals surface area contributed by atoms with Gasteiger partial charge in [-0.25, -0.2) is 19.9 Å². The molecule has 2 aliphatic carbocycles. The van der Waals surface area contributed by atoms with Crippen LogP contribution in [-0.2, 0) is 32.3 Å². The van der Waals surface area contributed by atoms with Crippen molar-refractivity contribution < 1.29 is 42.7 Å². The van der Waals surface area contributed by atoms with E-state index >= 15 is 0 Å². The van der Waals surface area contributed by atoms with Crippen LogP contribution in [0.4, 0.5) is 11.6 Å². The van der Waals surface area contributed by atoms with Crippen LogP contribution in [0.25, 0.3) is 44.0 Å². The largest absolute Gasteiger partial charge is 0.480 e. The molecule has 0 unspecified atom stereocenters. The highest BCUT2D eigenvalue weighted by Crippen LogP contribution is 2.59. The number of carboxylic acids is 1. The number of aryl methyl sites for hydroxylation is 4. The maximum Gasteiger partial charge on any atom is 0.325 e. The number of benzene rings is 2. The Morgan fingerprint density at radius 2 is 1.19 bits per heavy atom. The third-order valence-corrected chi connectivity index (χ3v) is 15.4. The van der Waals surface area contributed by atoms with Crippen molar-refractivity contribution in [3.8, 4) is 0 Å². The van der Waals surface area contributed by atoms with Crippen molar-refractivity contribution in [1.29, 1.82) is 0 Å². The van der Waals surface area contributed by atoms with Gasteiger partial charge in [-0.3, -0.25) is 38.1 Å². The SMILES string of the molecule is CC(=O)c1nn(CC(=O)N2[C@H](C(=O)Nc3nc(Br)ccc3C)C[C@@]3(C)C[C@@H]23)c2cc3nc(C)oc3cc12.CC(=O)c1nn(CC(=O)O)c2cc3nc(C)oc3cc12.Cc1ccc(Br)nc1NC(=O)[C@@H]1C[C@@]2(C)C[C@H]2N1. The lowest BCUT2D eigenvalue weighted by Gasteiger charge is -2.27. The summed E-state index contributed by atoms with van der Waals surface area (Å²) in [6, 6.07) is 14.2. The number of likely N-dealkylation sites (tertiary alicyclic amines) is 1. The molecule has 0 radical (unpaired) electrons. The molecule has 2 aliphatic heterocycles. The third-order valence-electron chi connectivity index (χ3n) is 14.5. The van der Waals surface area contributed by atoms with Crippen molar-refractivity contribution in [2.45, 2.75) is 118 Å². The number of hydrogen-bond acceptors (Lipinski definition) is 15. The topological polar surface area (TPSA) is 275 Å². The number of anilines is 2. The van der Waals surface area contributed by atoms with E-state index in [0.717, 1.165) is 28.6 Å². The number of piperidine rings is 2. The lowest BCUT2D eigenvalue weighted by Crippen LogP contribution is -2.47. The molecular formula is C52H52Br2N12O9. The van der Waals surface area contributed by atoms with Crippen LogP contribution >= 0.6 is 31.9 Å². The van der Waals surface area contributed by atoms with Crippen LogP contribution in [0.3, 0.4) is 0 Å². The van der Waals surface area contributed by atoms with Gasteiger partial charge in [-0.1, -0.05) is 26.0 Å². The van der Waals surface area contributed by atoms with Gasteiger partial charge in [0.05, 0.1) is 17.1 Å². The molecule has 21 nitrogen and oxygen atoms in total. The number of carbonyl (C=O) groups excluding carboxylic acids is 5. The van der Waals surface area contributed by atoms with Gasteiger partial charge in [-0.15, -0.1) is 0 Å². The second-order valence-corrected chi connectivity index (χ2v) is 22.1. The van der Waals surface area contributed by atoms with Crippen molar-refractivity contribution in [3.05, 3.63) is 92.0 Å². The summed E-state index contributed by atoms with van der Waals surface area (Å²) in [6.45, 7) is 14.0. The molecular weight excluding hydrogens is 1100 g/mol. The van der Waals surface area contributed by atoms with Gasteiger partial charge < -0.3 is 34.8 Å². The van der Waals surface area contributed by atoms with Gasteiger partial charge in [0.25, 0.3) is 0 Å². The Labute approximate surface area is 444 Å². The number of carbonyl (C=O) groups is 6. The summed E-state index contributed by atoms with van der Waals surface area (Å²) in [5.41, 5.74) is 6.08. The van der Waals surface area contributed by atoms with E-state index < -0.39 is 12.0 Å². The number of hydrogen-bond donors (Lipinski definition) is 4. The van der Waals surface area contributed by atoms with Crippen LogP contribution in [0.2, 0.25) is 0 Å². The molecule has 4 fully saturated rings. The van der Waals surface area contributed by atoms with Crippen molar-refractivity contribution in [3.63, 3.8) is 0 Å². The molecule has 23 heteroatoms. The average Bonchev–Trinajstić information content (AvgIpc) is 3.75. The van der Waals surface area contributed by atoms with Crippen LogP contribution < -0.4 is 16.0 Å². The molecule has 4 N–H and O–H groups in total. The fourth-order valence-corrected chi connectivity index (χ4v) is 11.0. The minimum Gasteiger partial charge on any atom is -0.480 e. The first-order valence-corrected chi connectivity index (χ1v) is 25.8. The van der Waals surface area contributed by atoms with Crippen molar-refractivity contribution in [1.82, 2.24) is 49.7 Å². The molecule has 0 bridgehead atoms. The zero-order valence-corrected chi connectivity index (χ0v) is 45.3. The fraction of sp³-hybridized carbons (Fsp3) is 0.385. The molecule has 12 rings (SSSR count). The lowest BCUT2D eigenvalue weighted by molar-refractivity contribution is -0.138. The van der Waals surface area contributed by atoms with Crippen LogP contribution in [0, 0.1) is 38.5 Å². The fourth-order valence-electron chi connectivity index (χ4n) is 10.4. The quantitative estimate of drug-likeness (QED) is 0.0742. The highest BCUT2D eigenvalue weighted by atomic mass is 79.9. The molecule has 6 aromatic heterocycles. The Kier molecular flexibility index (Phi) is 13.1. The number of fused-ring (bicyclic) bond motifs is 6. The van der Waals surface area contributed by atoms with E-state index in [0.29, 0.717) is 89.9 Å². The minimum absolute atomic E-state index is 0.00804. The highest BCUT2D eigenvalue weighted by Gasteiger charge is 2.64. The Bertz CT molecular complexity index is 3730. The molecule has 75 heavy (non-hydrogen) atoms. The molecule has 3 amide bonds. The number of ketones is 2. The number of Topliss-reactive ketones (excluding diaryl/α,β-unsaturated/α-hetero) is 2. The van der Waals surface area contributed by atoms with E-state index in [2.05, 4.69) is 91.8 Å². The van der Waals surface area contributed by atoms with Gasteiger partial charge in [0.15, 0.2) is 34.5 Å². The molecule has 8 aromatic rings. The van der Waals surface area contributed by atoms with Gasteiger partial charge in [0.1, 0.15) is 62.4 Å². The summed E-state index contributed by atoms with van der Waals surface area (Å²) < 4.78 is 15.2. The van der Waals surface area contributed by atoms with Gasteiger partial charge in [0.2, 0.25) is 17.7 Å². The lowest BCUT2D eigenvalue weighted by atomic mass is 10.0. The van der Waals surface area contributed by atoms with Crippen LogP contribution in [0.1, 0.15) is 97.3 Å². The highest BCUT2D eigenvalue weighted by molar-refractivity contribution is 9.10. The summed E-state index contributed by atoms with van der Waals surface area (Å²) in [6.07, 6.45) is 3.56. The normalized spacial score (nSPS) is 22.0. The predicted molar refractivity (Wildman–Crippen MR) is 282 cm³/mol. The summed E-state index contributed by atoms with van der Waals surface area (Å²) in [5, 5.41) is 27.8. The number of aromatic nitrogens is 8. The predicted octanol–water partition coefficient (Wildman–Crippen LogP) is 8.18. The number of aliphatic carboxylic acids is 1. The number of nitrogens with one attached hydrogen (secondary N) is 3. The van der Waals surface area contributed by atoms with E-state index in [-0.39, 0.29) is 71.3 Å².